The molecule has 1 N–H and O–H groups in total. The number of nitrogens with zero attached hydrogens (tertiary/aromatic N) is 3. The van der Waals surface area contributed by atoms with E-state index in [1.807, 2.05) is 7.05 Å². The maximum atomic E-state index is 4.36. The zero-order valence-corrected chi connectivity index (χ0v) is 11.0. The fraction of sp³-hybridized carbons (Fsp3) is 0.692. The summed E-state index contributed by atoms with van der Waals surface area (Å²) >= 11 is 0. The molecule has 1 unspecified atom stereocenters. The van der Waals surface area contributed by atoms with Crippen molar-refractivity contribution in [1.82, 2.24) is 15.5 Å². The Balaban J connectivity index is 2.10. The van der Waals surface area contributed by atoms with Gasteiger partial charge in [-0.3, -0.25) is 0 Å². The van der Waals surface area contributed by atoms with Crippen LogP contribution in [0, 0.1) is 0 Å². The van der Waals surface area contributed by atoms with Crippen LogP contribution in [0.15, 0.2) is 12.1 Å². The van der Waals surface area contributed by atoms with Gasteiger partial charge in [-0.05, 0) is 37.9 Å². The predicted octanol–water partition coefficient (Wildman–Crippen LogP) is 1.79. The number of nitrogens with one attached hydrogen (secondary N) is 1. The van der Waals surface area contributed by atoms with Gasteiger partial charge < -0.3 is 10.2 Å². The van der Waals surface area contributed by atoms with Crippen LogP contribution < -0.4 is 10.2 Å². The van der Waals surface area contributed by atoms with Crippen LogP contribution in [-0.4, -0.2) is 36.4 Å². The summed E-state index contributed by atoms with van der Waals surface area (Å²) in [7, 11) is 2.00. The largest absolute Gasteiger partial charge is 0.351 e. The van der Waals surface area contributed by atoms with Crippen LogP contribution in [0.3, 0.4) is 0 Å². The maximum Gasteiger partial charge on any atom is 0.151 e. The highest BCUT2D eigenvalue weighted by Crippen LogP contribution is 2.23. The summed E-state index contributed by atoms with van der Waals surface area (Å²) in [4.78, 5) is 2.37. The van der Waals surface area contributed by atoms with Gasteiger partial charge in [-0.1, -0.05) is 13.8 Å². The summed E-state index contributed by atoms with van der Waals surface area (Å²) in [5.74, 6) is 1.47. The number of hydrogen-bond acceptors (Lipinski definition) is 4. The van der Waals surface area contributed by atoms with E-state index in [1.165, 1.54) is 12.8 Å². The van der Waals surface area contributed by atoms with E-state index in [4.69, 9.17) is 0 Å². The Labute approximate surface area is 103 Å². The number of aromatic nitrogens is 2. The van der Waals surface area contributed by atoms with Crippen molar-refractivity contribution in [3.8, 4) is 0 Å². The first-order chi connectivity index (χ1) is 8.22. The van der Waals surface area contributed by atoms with Crippen molar-refractivity contribution in [2.24, 2.45) is 0 Å². The second-order valence-corrected chi connectivity index (χ2v) is 5.02. The van der Waals surface area contributed by atoms with Crippen LogP contribution in [0.2, 0.25) is 0 Å². The molecule has 1 fully saturated rings. The molecule has 1 saturated heterocycles. The monoisotopic (exact) mass is 234 g/mol. The van der Waals surface area contributed by atoms with Crippen LogP contribution in [0.1, 0.15) is 38.3 Å². The molecule has 1 aromatic rings. The van der Waals surface area contributed by atoms with E-state index in [2.05, 4.69) is 46.4 Å². The van der Waals surface area contributed by atoms with Gasteiger partial charge in [-0.2, -0.15) is 5.10 Å². The third-order valence-corrected chi connectivity index (χ3v) is 3.37. The Kier molecular flexibility index (Phi) is 3.94. The average molecular weight is 234 g/mol. The third-order valence-electron chi connectivity index (χ3n) is 3.37. The van der Waals surface area contributed by atoms with Crippen molar-refractivity contribution >= 4 is 5.82 Å². The molecule has 0 bridgehead atoms. The summed E-state index contributed by atoms with van der Waals surface area (Å²) in [5, 5.41) is 11.9. The van der Waals surface area contributed by atoms with Crippen molar-refractivity contribution in [2.75, 3.05) is 25.0 Å². The van der Waals surface area contributed by atoms with Crippen molar-refractivity contribution in [3.05, 3.63) is 17.8 Å². The fourth-order valence-electron chi connectivity index (χ4n) is 2.38. The van der Waals surface area contributed by atoms with Crippen LogP contribution in [0.25, 0.3) is 0 Å². The van der Waals surface area contributed by atoms with E-state index in [0.29, 0.717) is 12.0 Å². The summed E-state index contributed by atoms with van der Waals surface area (Å²) < 4.78 is 0. The third kappa shape index (κ3) is 2.75. The molecule has 1 aliphatic rings. The molecule has 0 radical (unpaired) electrons. The molecular weight excluding hydrogens is 212 g/mol. The lowest BCUT2D eigenvalue weighted by Gasteiger charge is -2.25. The van der Waals surface area contributed by atoms with E-state index in [9.17, 15) is 0 Å². The highest BCUT2D eigenvalue weighted by Gasteiger charge is 2.25. The van der Waals surface area contributed by atoms with Crippen molar-refractivity contribution in [2.45, 2.75) is 38.6 Å². The summed E-state index contributed by atoms with van der Waals surface area (Å²) in [6.45, 7) is 6.41. The molecule has 2 rings (SSSR count). The standard InChI is InChI=1S/C13H22N4/c1-10(2)12-6-7-13(16-15-12)17-8-4-5-11(17)9-14-3/h6-7,10-11,14H,4-5,8-9H2,1-3H3. The smallest absolute Gasteiger partial charge is 0.151 e. The van der Waals surface area contributed by atoms with Gasteiger partial charge in [0.05, 0.1) is 5.69 Å². The van der Waals surface area contributed by atoms with Crippen LogP contribution in [0.5, 0.6) is 0 Å². The molecule has 1 aliphatic heterocycles. The van der Waals surface area contributed by atoms with Gasteiger partial charge in [0.1, 0.15) is 0 Å². The fourth-order valence-corrected chi connectivity index (χ4v) is 2.38. The molecule has 0 saturated carbocycles. The Morgan fingerprint density at radius 2 is 2.24 bits per heavy atom. The molecule has 0 aromatic carbocycles. The minimum atomic E-state index is 0.447. The first-order valence-corrected chi connectivity index (χ1v) is 6.47. The molecule has 0 aliphatic carbocycles. The molecule has 0 amide bonds. The number of hydrogen-bond donors (Lipinski definition) is 1. The first-order valence-electron chi connectivity index (χ1n) is 6.47. The molecule has 17 heavy (non-hydrogen) atoms. The van der Waals surface area contributed by atoms with Gasteiger partial charge in [-0.15, -0.1) is 5.10 Å². The highest BCUT2D eigenvalue weighted by molar-refractivity contribution is 5.40. The summed E-state index contributed by atoms with van der Waals surface area (Å²) in [6, 6.07) is 4.78. The number of anilines is 1. The van der Waals surface area contributed by atoms with Gasteiger partial charge in [0.25, 0.3) is 0 Å². The number of rotatable bonds is 4. The van der Waals surface area contributed by atoms with E-state index in [-0.39, 0.29) is 0 Å². The van der Waals surface area contributed by atoms with Crippen LogP contribution in [0.4, 0.5) is 5.82 Å². The Morgan fingerprint density at radius 3 is 2.82 bits per heavy atom. The van der Waals surface area contributed by atoms with Gasteiger partial charge >= 0.3 is 0 Å². The molecule has 4 heteroatoms. The second kappa shape index (κ2) is 5.45. The molecule has 0 spiro atoms. The first kappa shape index (κ1) is 12.3. The Bertz CT molecular complexity index is 347. The summed E-state index contributed by atoms with van der Waals surface area (Å²) in [5.41, 5.74) is 1.07. The number of likely N-dealkylation sites (N-methyl/N-ethyl adjacent to an activating group) is 1. The van der Waals surface area contributed by atoms with Crippen LogP contribution in [-0.2, 0) is 0 Å². The molecule has 94 valence electrons. The molecule has 4 nitrogen and oxygen atoms in total. The topological polar surface area (TPSA) is 41.0 Å². The second-order valence-electron chi connectivity index (χ2n) is 5.02. The SMILES string of the molecule is CNCC1CCCN1c1ccc(C(C)C)nn1. The van der Waals surface area contributed by atoms with E-state index in [1.54, 1.807) is 0 Å². The lowest BCUT2D eigenvalue weighted by Crippen LogP contribution is -2.37. The lowest BCUT2D eigenvalue weighted by molar-refractivity contribution is 0.608. The minimum absolute atomic E-state index is 0.447. The predicted molar refractivity (Wildman–Crippen MR) is 70.4 cm³/mol. The van der Waals surface area contributed by atoms with Gasteiger partial charge in [-0.25, -0.2) is 0 Å². The zero-order chi connectivity index (χ0) is 12.3. The summed E-state index contributed by atoms with van der Waals surface area (Å²) in [6.07, 6.45) is 2.49. The normalized spacial score (nSPS) is 20.2. The quantitative estimate of drug-likeness (QED) is 0.862. The molecular formula is C13H22N4. The van der Waals surface area contributed by atoms with E-state index >= 15 is 0 Å². The minimum Gasteiger partial charge on any atom is -0.351 e. The van der Waals surface area contributed by atoms with Gasteiger partial charge in [0.2, 0.25) is 0 Å². The molecule has 1 aromatic heterocycles. The van der Waals surface area contributed by atoms with E-state index in [0.717, 1.165) is 24.6 Å². The van der Waals surface area contributed by atoms with E-state index < -0.39 is 0 Å². The van der Waals surface area contributed by atoms with Crippen molar-refractivity contribution in [3.63, 3.8) is 0 Å². The van der Waals surface area contributed by atoms with Crippen molar-refractivity contribution < 1.29 is 0 Å². The Morgan fingerprint density at radius 1 is 1.41 bits per heavy atom. The van der Waals surface area contributed by atoms with Gasteiger partial charge in [0.15, 0.2) is 5.82 Å². The maximum absolute atomic E-state index is 4.36. The molecule has 2 heterocycles. The molecule has 1 atom stereocenters. The highest BCUT2D eigenvalue weighted by atomic mass is 15.3. The lowest BCUT2D eigenvalue weighted by atomic mass is 10.1. The Hall–Kier alpha value is -1.16. The van der Waals surface area contributed by atoms with Crippen LogP contribution >= 0.6 is 0 Å². The average Bonchev–Trinajstić information content (AvgIpc) is 2.78. The zero-order valence-electron chi connectivity index (χ0n) is 11.0. The van der Waals surface area contributed by atoms with Gasteiger partial charge in [0, 0.05) is 19.1 Å². The van der Waals surface area contributed by atoms with Crippen molar-refractivity contribution in [1.29, 1.82) is 0 Å².